The highest BCUT2D eigenvalue weighted by Crippen LogP contribution is 2.21. The highest BCUT2D eigenvalue weighted by Gasteiger charge is 2.03. The van der Waals surface area contributed by atoms with Gasteiger partial charge in [-0.15, -0.1) is 0 Å². The molecule has 2 aromatic rings. The Bertz CT molecular complexity index is 431. The quantitative estimate of drug-likeness (QED) is 0.832. The van der Waals surface area contributed by atoms with Crippen molar-refractivity contribution < 1.29 is 4.42 Å². The van der Waals surface area contributed by atoms with E-state index in [1.165, 1.54) is 5.56 Å². The molecule has 2 rings (SSSR count). The van der Waals surface area contributed by atoms with Crippen LogP contribution in [0.25, 0.3) is 11.3 Å². The SMILES string of the molecule is CCCc1ccc(-c2cnc(N)o2)cc1. The van der Waals surface area contributed by atoms with Crippen LogP contribution in [0.15, 0.2) is 34.9 Å². The molecule has 0 amide bonds. The summed E-state index contributed by atoms with van der Waals surface area (Å²) in [5.41, 5.74) is 7.77. The fourth-order valence-corrected chi connectivity index (χ4v) is 1.55. The maximum Gasteiger partial charge on any atom is 0.292 e. The Morgan fingerprint density at radius 3 is 2.53 bits per heavy atom. The van der Waals surface area contributed by atoms with E-state index in [9.17, 15) is 0 Å². The molecule has 3 nitrogen and oxygen atoms in total. The standard InChI is InChI=1S/C12H14N2O/c1-2-3-9-4-6-10(7-5-9)11-8-14-12(13)15-11/h4-8H,2-3H2,1H3,(H2,13,14). The molecule has 0 radical (unpaired) electrons. The van der Waals surface area contributed by atoms with Gasteiger partial charge in [0.2, 0.25) is 0 Å². The molecule has 0 saturated carbocycles. The summed E-state index contributed by atoms with van der Waals surface area (Å²) in [6, 6.07) is 8.49. The van der Waals surface area contributed by atoms with Crippen LogP contribution < -0.4 is 5.73 Å². The highest BCUT2D eigenvalue weighted by molar-refractivity contribution is 5.57. The van der Waals surface area contributed by atoms with Crippen LogP contribution in [0.1, 0.15) is 18.9 Å². The molecule has 3 heteroatoms. The van der Waals surface area contributed by atoms with Gasteiger partial charge >= 0.3 is 0 Å². The third-order valence-electron chi connectivity index (χ3n) is 2.30. The number of rotatable bonds is 3. The monoisotopic (exact) mass is 202 g/mol. The van der Waals surface area contributed by atoms with Gasteiger partial charge in [-0.25, -0.2) is 4.98 Å². The van der Waals surface area contributed by atoms with Crippen molar-refractivity contribution in [3.05, 3.63) is 36.0 Å². The van der Waals surface area contributed by atoms with Gasteiger partial charge in [-0.2, -0.15) is 0 Å². The molecule has 1 heterocycles. The number of anilines is 1. The van der Waals surface area contributed by atoms with E-state index >= 15 is 0 Å². The largest absolute Gasteiger partial charge is 0.424 e. The van der Waals surface area contributed by atoms with Crippen molar-refractivity contribution in [2.24, 2.45) is 0 Å². The summed E-state index contributed by atoms with van der Waals surface area (Å²) in [5, 5.41) is 0. The molecule has 15 heavy (non-hydrogen) atoms. The van der Waals surface area contributed by atoms with Gasteiger partial charge in [0, 0.05) is 5.56 Å². The van der Waals surface area contributed by atoms with Crippen molar-refractivity contribution in [2.45, 2.75) is 19.8 Å². The van der Waals surface area contributed by atoms with Gasteiger partial charge in [0.05, 0.1) is 6.20 Å². The van der Waals surface area contributed by atoms with Crippen LogP contribution in [0.4, 0.5) is 6.01 Å². The van der Waals surface area contributed by atoms with E-state index in [0.29, 0.717) is 0 Å². The molecule has 1 aromatic carbocycles. The van der Waals surface area contributed by atoms with Crippen molar-refractivity contribution >= 4 is 6.01 Å². The van der Waals surface area contributed by atoms with Gasteiger partial charge in [-0.3, -0.25) is 0 Å². The molecule has 0 aliphatic heterocycles. The van der Waals surface area contributed by atoms with Crippen molar-refractivity contribution in [1.29, 1.82) is 0 Å². The first-order valence-electron chi connectivity index (χ1n) is 5.10. The smallest absolute Gasteiger partial charge is 0.292 e. The second kappa shape index (κ2) is 4.17. The normalized spacial score (nSPS) is 10.5. The molecule has 0 spiro atoms. The Kier molecular flexibility index (Phi) is 2.72. The minimum absolute atomic E-state index is 0.211. The van der Waals surface area contributed by atoms with Crippen LogP contribution in [0.5, 0.6) is 0 Å². The first kappa shape index (κ1) is 9.77. The predicted molar refractivity (Wildman–Crippen MR) is 60.3 cm³/mol. The van der Waals surface area contributed by atoms with E-state index in [1.807, 2.05) is 12.1 Å². The van der Waals surface area contributed by atoms with Gasteiger partial charge < -0.3 is 10.2 Å². The van der Waals surface area contributed by atoms with Crippen molar-refractivity contribution in [3.8, 4) is 11.3 Å². The van der Waals surface area contributed by atoms with E-state index in [-0.39, 0.29) is 6.01 Å². The van der Waals surface area contributed by atoms with E-state index in [1.54, 1.807) is 6.20 Å². The molecule has 0 fully saturated rings. The second-order valence-electron chi connectivity index (χ2n) is 3.51. The van der Waals surface area contributed by atoms with Crippen LogP contribution in [-0.4, -0.2) is 4.98 Å². The molecule has 78 valence electrons. The van der Waals surface area contributed by atoms with Crippen LogP contribution >= 0.6 is 0 Å². The van der Waals surface area contributed by atoms with E-state index < -0.39 is 0 Å². The molecule has 0 unspecified atom stereocenters. The second-order valence-corrected chi connectivity index (χ2v) is 3.51. The minimum Gasteiger partial charge on any atom is -0.424 e. The van der Waals surface area contributed by atoms with Gasteiger partial charge in [-0.05, 0) is 12.0 Å². The zero-order chi connectivity index (χ0) is 10.7. The number of oxazole rings is 1. The van der Waals surface area contributed by atoms with E-state index in [4.69, 9.17) is 10.2 Å². The molecule has 1 aromatic heterocycles. The van der Waals surface area contributed by atoms with Crippen LogP contribution in [0.2, 0.25) is 0 Å². The number of hydrogen-bond acceptors (Lipinski definition) is 3. The van der Waals surface area contributed by atoms with Crippen molar-refractivity contribution in [2.75, 3.05) is 5.73 Å². The lowest BCUT2D eigenvalue weighted by molar-refractivity contribution is 0.595. The molecule has 0 aliphatic rings. The van der Waals surface area contributed by atoms with Gasteiger partial charge in [-0.1, -0.05) is 37.6 Å². The van der Waals surface area contributed by atoms with Crippen molar-refractivity contribution in [3.63, 3.8) is 0 Å². The summed E-state index contributed by atoms with van der Waals surface area (Å²) < 4.78 is 5.24. The molecular formula is C12H14N2O. The van der Waals surface area contributed by atoms with Gasteiger partial charge in [0.15, 0.2) is 5.76 Å². The zero-order valence-electron chi connectivity index (χ0n) is 8.73. The Balaban J connectivity index is 2.23. The number of aryl methyl sites for hydroxylation is 1. The lowest BCUT2D eigenvalue weighted by Gasteiger charge is -1.99. The highest BCUT2D eigenvalue weighted by atomic mass is 16.4. The summed E-state index contributed by atoms with van der Waals surface area (Å²) in [6.45, 7) is 2.17. The van der Waals surface area contributed by atoms with Gasteiger partial charge in [0.25, 0.3) is 6.01 Å². The lowest BCUT2D eigenvalue weighted by Crippen LogP contribution is -1.82. The minimum atomic E-state index is 0.211. The summed E-state index contributed by atoms with van der Waals surface area (Å²) in [7, 11) is 0. The maximum absolute atomic E-state index is 5.42. The first-order chi connectivity index (χ1) is 7.29. The van der Waals surface area contributed by atoms with Crippen molar-refractivity contribution in [1.82, 2.24) is 4.98 Å². The number of nitrogen functional groups attached to an aromatic ring is 1. The van der Waals surface area contributed by atoms with E-state index in [2.05, 4.69) is 24.0 Å². The van der Waals surface area contributed by atoms with Crippen LogP contribution in [0, 0.1) is 0 Å². The zero-order valence-corrected chi connectivity index (χ0v) is 8.73. The molecule has 0 saturated heterocycles. The van der Waals surface area contributed by atoms with Crippen LogP contribution in [-0.2, 0) is 6.42 Å². The van der Waals surface area contributed by atoms with Gasteiger partial charge in [0.1, 0.15) is 0 Å². The Morgan fingerprint density at radius 2 is 2.00 bits per heavy atom. The number of aromatic nitrogens is 1. The number of nitrogens with two attached hydrogens (primary N) is 1. The lowest BCUT2D eigenvalue weighted by atomic mass is 10.1. The predicted octanol–water partition coefficient (Wildman–Crippen LogP) is 2.88. The summed E-state index contributed by atoms with van der Waals surface area (Å²) in [4.78, 5) is 3.86. The molecular weight excluding hydrogens is 188 g/mol. The van der Waals surface area contributed by atoms with Crippen LogP contribution in [0.3, 0.4) is 0 Å². The molecule has 0 atom stereocenters. The average molecular weight is 202 g/mol. The Morgan fingerprint density at radius 1 is 1.27 bits per heavy atom. The number of benzene rings is 1. The number of hydrogen-bond donors (Lipinski definition) is 1. The summed E-state index contributed by atoms with van der Waals surface area (Å²) in [5.74, 6) is 0.718. The third kappa shape index (κ3) is 2.18. The molecule has 0 aliphatic carbocycles. The fraction of sp³-hybridized carbons (Fsp3) is 0.250. The maximum atomic E-state index is 5.42. The summed E-state index contributed by atoms with van der Waals surface area (Å²) in [6.07, 6.45) is 3.91. The number of nitrogens with zero attached hydrogens (tertiary/aromatic N) is 1. The Labute approximate surface area is 88.9 Å². The topological polar surface area (TPSA) is 52.0 Å². The third-order valence-corrected chi connectivity index (χ3v) is 2.30. The molecule has 0 bridgehead atoms. The van der Waals surface area contributed by atoms with E-state index in [0.717, 1.165) is 24.2 Å². The fourth-order valence-electron chi connectivity index (χ4n) is 1.55. The Hall–Kier alpha value is -1.77. The first-order valence-corrected chi connectivity index (χ1v) is 5.10. The molecule has 2 N–H and O–H groups in total. The summed E-state index contributed by atoms with van der Waals surface area (Å²) >= 11 is 0. The average Bonchev–Trinajstić information content (AvgIpc) is 2.67.